The minimum atomic E-state index is -0.572. The predicted molar refractivity (Wildman–Crippen MR) is 191 cm³/mol. The Hall–Kier alpha value is -6.40. The average molecular weight is 635 g/mol. The van der Waals surface area contributed by atoms with Crippen LogP contribution in [0.1, 0.15) is 33.4 Å². The number of aromatic nitrogens is 4. The molecule has 6 nitrogen and oxygen atoms in total. The van der Waals surface area contributed by atoms with Crippen LogP contribution in [0.2, 0.25) is 0 Å². The van der Waals surface area contributed by atoms with E-state index in [1.165, 1.54) is 33.4 Å². The lowest BCUT2D eigenvalue weighted by Crippen LogP contribution is -2.28. The summed E-state index contributed by atoms with van der Waals surface area (Å²) in [7, 11) is 0. The van der Waals surface area contributed by atoms with Gasteiger partial charge in [-0.05, 0) is 95.8 Å². The Bertz CT molecular complexity index is 2270. The Morgan fingerprint density at radius 1 is 0.388 bits per heavy atom. The third kappa shape index (κ3) is 4.72. The topological polar surface area (TPSA) is 77.8 Å². The lowest BCUT2D eigenvalue weighted by Gasteiger charge is -2.34. The van der Waals surface area contributed by atoms with Gasteiger partial charge in [0.1, 0.15) is 0 Å². The summed E-state index contributed by atoms with van der Waals surface area (Å²) < 4.78 is 12.2. The van der Waals surface area contributed by atoms with Gasteiger partial charge in [0.05, 0.1) is 5.41 Å². The van der Waals surface area contributed by atoms with Gasteiger partial charge in [-0.25, -0.2) is 0 Å². The summed E-state index contributed by atoms with van der Waals surface area (Å²) in [4.78, 5) is 0. The van der Waals surface area contributed by atoms with Crippen molar-refractivity contribution in [3.05, 3.63) is 179 Å². The van der Waals surface area contributed by atoms with Gasteiger partial charge in [0.15, 0.2) is 0 Å². The zero-order valence-electron chi connectivity index (χ0n) is 27.0. The molecule has 6 heteroatoms. The number of nitrogens with zero attached hydrogens (tertiary/aromatic N) is 4. The number of rotatable bonds is 6. The molecule has 2 heterocycles. The highest BCUT2D eigenvalue weighted by Crippen LogP contribution is 2.56. The molecule has 9 rings (SSSR count). The van der Waals surface area contributed by atoms with E-state index in [0.717, 1.165) is 33.4 Å². The van der Waals surface area contributed by atoms with Crippen LogP contribution >= 0.6 is 0 Å². The Labute approximate surface area is 283 Å². The van der Waals surface area contributed by atoms with Gasteiger partial charge in [0.2, 0.25) is 23.6 Å². The molecule has 2 aromatic heterocycles. The highest BCUT2D eigenvalue weighted by atomic mass is 16.4. The molecule has 0 bridgehead atoms. The molecule has 49 heavy (non-hydrogen) atoms. The summed E-state index contributed by atoms with van der Waals surface area (Å²) in [6, 6.07) is 50.4. The summed E-state index contributed by atoms with van der Waals surface area (Å²) >= 11 is 0. The molecular weight excluding hydrogens is 604 g/mol. The Morgan fingerprint density at radius 3 is 1.10 bits per heavy atom. The van der Waals surface area contributed by atoms with Crippen molar-refractivity contribution in [3.63, 3.8) is 0 Å². The van der Waals surface area contributed by atoms with Crippen molar-refractivity contribution in [3.8, 4) is 56.9 Å². The second-order valence-electron chi connectivity index (χ2n) is 12.6. The first-order valence-electron chi connectivity index (χ1n) is 16.3. The van der Waals surface area contributed by atoms with Gasteiger partial charge in [-0.15, -0.1) is 20.4 Å². The van der Waals surface area contributed by atoms with Crippen LogP contribution < -0.4 is 0 Å². The van der Waals surface area contributed by atoms with Crippen molar-refractivity contribution in [2.45, 2.75) is 19.3 Å². The van der Waals surface area contributed by atoms with Gasteiger partial charge in [-0.2, -0.15) is 0 Å². The monoisotopic (exact) mass is 634 g/mol. The molecule has 1 aliphatic rings. The maximum absolute atomic E-state index is 6.11. The SMILES string of the molecule is Cc1ccc2c(c1)-c1cc(C)ccc1C2(c1ccc(-c2nnc(-c3ccccc3)o2)cc1)c1ccc(-c2nnc(-c3ccccc3)o2)cc1. The van der Waals surface area contributed by atoms with E-state index in [0.29, 0.717) is 23.6 Å². The number of benzene rings is 6. The largest absolute Gasteiger partial charge is 0.416 e. The quantitative estimate of drug-likeness (QED) is 0.181. The fourth-order valence-electron chi connectivity index (χ4n) is 7.15. The summed E-state index contributed by atoms with van der Waals surface area (Å²) in [5, 5.41) is 17.4. The van der Waals surface area contributed by atoms with Crippen LogP contribution in [0, 0.1) is 13.8 Å². The molecule has 0 N–H and O–H groups in total. The molecule has 234 valence electrons. The molecule has 8 aromatic rings. The van der Waals surface area contributed by atoms with Crippen molar-refractivity contribution in [2.24, 2.45) is 0 Å². The molecule has 0 fully saturated rings. The molecule has 0 spiro atoms. The van der Waals surface area contributed by atoms with Crippen LogP contribution in [0.4, 0.5) is 0 Å². The highest BCUT2D eigenvalue weighted by molar-refractivity contribution is 5.87. The van der Waals surface area contributed by atoms with E-state index >= 15 is 0 Å². The second-order valence-corrected chi connectivity index (χ2v) is 12.6. The first kappa shape index (κ1) is 28.8. The number of aryl methyl sites for hydroxylation is 2. The maximum Gasteiger partial charge on any atom is 0.248 e. The predicted octanol–water partition coefficient (Wildman–Crippen LogP) is 10.1. The molecule has 0 saturated carbocycles. The highest BCUT2D eigenvalue weighted by Gasteiger charge is 2.46. The lowest BCUT2D eigenvalue weighted by atomic mass is 9.67. The van der Waals surface area contributed by atoms with Gasteiger partial charge in [-0.3, -0.25) is 0 Å². The van der Waals surface area contributed by atoms with E-state index in [1.807, 2.05) is 60.7 Å². The first-order valence-corrected chi connectivity index (χ1v) is 16.3. The lowest BCUT2D eigenvalue weighted by molar-refractivity contribution is 0.584. The van der Waals surface area contributed by atoms with E-state index in [9.17, 15) is 0 Å². The van der Waals surface area contributed by atoms with Crippen LogP contribution in [-0.4, -0.2) is 20.4 Å². The number of hydrogen-bond acceptors (Lipinski definition) is 6. The van der Waals surface area contributed by atoms with E-state index in [-0.39, 0.29) is 0 Å². The van der Waals surface area contributed by atoms with Gasteiger partial charge in [0, 0.05) is 22.3 Å². The Balaban J connectivity index is 1.18. The van der Waals surface area contributed by atoms with Crippen LogP contribution in [0.3, 0.4) is 0 Å². The smallest absolute Gasteiger partial charge is 0.248 e. The van der Waals surface area contributed by atoms with E-state index in [2.05, 4.69) is 119 Å². The average Bonchev–Trinajstić information content (AvgIpc) is 3.91. The van der Waals surface area contributed by atoms with Crippen molar-refractivity contribution in [2.75, 3.05) is 0 Å². The molecular formula is C43H30N4O2. The van der Waals surface area contributed by atoms with Crippen molar-refractivity contribution >= 4 is 0 Å². The van der Waals surface area contributed by atoms with E-state index < -0.39 is 5.41 Å². The minimum absolute atomic E-state index is 0.483. The van der Waals surface area contributed by atoms with Gasteiger partial charge < -0.3 is 8.83 Å². The van der Waals surface area contributed by atoms with Crippen LogP contribution in [0.15, 0.2) is 154 Å². The third-order valence-corrected chi connectivity index (χ3v) is 9.47. The van der Waals surface area contributed by atoms with Gasteiger partial charge in [-0.1, -0.05) is 108 Å². The molecule has 0 saturated heterocycles. The second kappa shape index (κ2) is 11.4. The van der Waals surface area contributed by atoms with E-state index in [4.69, 9.17) is 8.83 Å². The fourth-order valence-corrected chi connectivity index (χ4v) is 7.15. The Morgan fingerprint density at radius 2 is 0.735 bits per heavy atom. The first-order chi connectivity index (χ1) is 24.1. The van der Waals surface area contributed by atoms with E-state index in [1.54, 1.807) is 0 Å². The molecule has 0 atom stereocenters. The fraction of sp³-hybridized carbons (Fsp3) is 0.0698. The van der Waals surface area contributed by atoms with Gasteiger partial charge in [0.25, 0.3) is 0 Å². The summed E-state index contributed by atoms with van der Waals surface area (Å²) in [5.74, 6) is 1.96. The third-order valence-electron chi connectivity index (χ3n) is 9.47. The van der Waals surface area contributed by atoms with Crippen molar-refractivity contribution in [1.29, 1.82) is 0 Å². The molecule has 0 radical (unpaired) electrons. The zero-order chi connectivity index (χ0) is 33.0. The van der Waals surface area contributed by atoms with Crippen LogP contribution in [-0.2, 0) is 5.41 Å². The van der Waals surface area contributed by atoms with Crippen LogP contribution in [0.5, 0.6) is 0 Å². The standard InChI is InChI=1S/C43H30N4O2/c1-27-13-23-37-35(25-27)36-26-28(2)14-24-38(36)43(37,33-19-15-31(16-20-33)41-46-44-39(48-41)29-9-5-3-6-10-29)34-21-17-32(18-22-34)42-47-45-40(49-42)30-11-7-4-8-12-30/h3-26H,1-2H3. The molecule has 1 aliphatic carbocycles. The summed E-state index contributed by atoms with van der Waals surface area (Å²) in [5.41, 5.74) is 12.7. The normalized spacial score (nSPS) is 12.9. The molecule has 0 unspecified atom stereocenters. The summed E-state index contributed by atoms with van der Waals surface area (Å²) in [6.45, 7) is 4.31. The Kier molecular flexibility index (Phi) is 6.69. The number of fused-ring (bicyclic) bond motifs is 3. The minimum Gasteiger partial charge on any atom is -0.416 e. The molecule has 0 aliphatic heterocycles. The zero-order valence-corrected chi connectivity index (χ0v) is 27.0. The van der Waals surface area contributed by atoms with Crippen molar-refractivity contribution < 1.29 is 8.83 Å². The van der Waals surface area contributed by atoms with Gasteiger partial charge >= 0.3 is 0 Å². The summed E-state index contributed by atoms with van der Waals surface area (Å²) in [6.07, 6.45) is 0. The maximum atomic E-state index is 6.11. The van der Waals surface area contributed by atoms with Crippen LogP contribution in [0.25, 0.3) is 56.9 Å². The molecule has 0 amide bonds. The van der Waals surface area contributed by atoms with Crippen molar-refractivity contribution in [1.82, 2.24) is 20.4 Å². The molecule has 6 aromatic carbocycles. The number of hydrogen-bond donors (Lipinski definition) is 0.